The number of hydrogen-bond donors (Lipinski definition) is 0. The molecule has 2 spiro atoms. The Bertz CT molecular complexity index is 2300. The summed E-state index contributed by atoms with van der Waals surface area (Å²) < 4.78 is 14.4. The average molecular weight is 773 g/mol. The highest BCUT2D eigenvalue weighted by Gasteiger charge is 2.50. The highest BCUT2D eigenvalue weighted by molar-refractivity contribution is 7.14. The molecule has 6 aliphatic carbocycles. The van der Waals surface area contributed by atoms with E-state index in [-0.39, 0.29) is 23.1 Å². The zero-order valence-electron chi connectivity index (χ0n) is 31.2. The molecule has 2 aliphatic heterocycles. The van der Waals surface area contributed by atoms with Crippen LogP contribution in [0.3, 0.4) is 0 Å². The van der Waals surface area contributed by atoms with Gasteiger partial charge >= 0.3 is 0 Å². The van der Waals surface area contributed by atoms with Gasteiger partial charge in [0.15, 0.2) is 11.2 Å². The highest BCUT2D eigenvalue weighted by Crippen LogP contribution is 2.58. The van der Waals surface area contributed by atoms with Crippen LogP contribution in [0.15, 0.2) is 70.4 Å². The first-order valence-corrected chi connectivity index (χ1v) is 21.8. The zero-order chi connectivity index (χ0) is 38.0. The lowest BCUT2D eigenvalue weighted by molar-refractivity contribution is -0.0374. The van der Waals surface area contributed by atoms with Crippen LogP contribution in [0.25, 0.3) is 27.1 Å². The van der Waals surface area contributed by atoms with E-state index >= 15 is 0 Å². The summed E-state index contributed by atoms with van der Waals surface area (Å²) in [5, 5.41) is 30.8. The van der Waals surface area contributed by atoms with Gasteiger partial charge in [0.1, 0.15) is 50.6 Å². The van der Waals surface area contributed by atoms with Crippen LogP contribution in [-0.2, 0) is 20.7 Å². The predicted molar refractivity (Wildman–Crippen MR) is 216 cm³/mol. The lowest BCUT2D eigenvalue weighted by atomic mass is 9.73. The van der Waals surface area contributed by atoms with E-state index in [0.717, 1.165) is 156 Å². The van der Waals surface area contributed by atoms with E-state index in [1.54, 1.807) is 22.7 Å². The van der Waals surface area contributed by atoms with E-state index in [2.05, 4.69) is 53.4 Å². The minimum atomic E-state index is -0.458. The Labute approximate surface area is 335 Å². The molecule has 2 aromatic heterocycles. The SMILES string of the molecule is [C-]#[N+]/C(C#N)=C1\C=C(c2nc3c(s2)C2=CC4C=C5OC6(CCCCC6)c6nc(C7=CC(=C(C#N)C#N)CCC7)sc6C5=CC4C=C2OC32CCCCC2)CCC1. The third kappa shape index (κ3) is 5.61. The molecule has 56 heavy (non-hydrogen) atoms. The molecule has 0 saturated heterocycles. The molecular formula is C46H40N6O2S2. The first kappa shape index (κ1) is 35.2. The summed E-state index contributed by atoms with van der Waals surface area (Å²) in [6.45, 7) is 7.53. The number of fused-ring (bicyclic) bond motifs is 9. The van der Waals surface area contributed by atoms with E-state index < -0.39 is 11.2 Å². The van der Waals surface area contributed by atoms with Crippen molar-refractivity contribution >= 4 is 45.0 Å². The van der Waals surface area contributed by atoms with Gasteiger partial charge < -0.3 is 9.47 Å². The number of nitriles is 3. The zero-order valence-corrected chi connectivity index (χ0v) is 32.9. The summed E-state index contributed by atoms with van der Waals surface area (Å²) in [5.41, 5.74) is 7.67. The molecular weight excluding hydrogens is 733 g/mol. The second-order valence-corrected chi connectivity index (χ2v) is 18.4. The molecule has 0 N–H and O–H groups in total. The van der Waals surface area contributed by atoms with Gasteiger partial charge in [0.25, 0.3) is 5.70 Å². The fraction of sp³-hybridized carbons (Fsp3) is 0.435. The first-order valence-electron chi connectivity index (χ1n) is 20.2. The van der Waals surface area contributed by atoms with E-state index in [0.29, 0.717) is 0 Å². The molecule has 0 amide bonds. The fourth-order valence-corrected chi connectivity index (χ4v) is 12.7. The normalized spacial score (nSPS) is 26.0. The number of hydrogen-bond acceptors (Lipinski definition) is 9. The topological polar surface area (TPSA) is 120 Å². The van der Waals surface area contributed by atoms with E-state index in [1.807, 2.05) is 6.08 Å². The van der Waals surface area contributed by atoms with Crippen molar-refractivity contribution in [3.8, 4) is 18.2 Å². The summed E-state index contributed by atoms with van der Waals surface area (Å²) in [6, 6.07) is 6.30. The average Bonchev–Trinajstić information content (AvgIpc) is 3.90. The quantitative estimate of drug-likeness (QED) is 0.220. The van der Waals surface area contributed by atoms with Crippen molar-refractivity contribution in [3.63, 3.8) is 0 Å². The molecule has 0 radical (unpaired) electrons. The summed E-state index contributed by atoms with van der Waals surface area (Å²) >= 11 is 3.49. The van der Waals surface area contributed by atoms with E-state index in [1.165, 1.54) is 22.6 Å². The Morgan fingerprint density at radius 2 is 1.12 bits per heavy atom. The van der Waals surface area contributed by atoms with Crippen molar-refractivity contribution in [2.75, 3.05) is 0 Å². The predicted octanol–water partition coefficient (Wildman–Crippen LogP) is 11.6. The third-order valence-electron chi connectivity index (χ3n) is 13.0. The Morgan fingerprint density at radius 3 is 1.59 bits per heavy atom. The molecule has 2 aromatic rings. The van der Waals surface area contributed by atoms with Crippen LogP contribution < -0.4 is 0 Å². The van der Waals surface area contributed by atoms with Crippen LogP contribution in [0.4, 0.5) is 0 Å². The summed E-state index contributed by atoms with van der Waals surface area (Å²) in [4.78, 5) is 16.7. The smallest absolute Gasteiger partial charge is 0.265 e. The summed E-state index contributed by atoms with van der Waals surface area (Å²) in [7, 11) is 0. The van der Waals surface area contributed by atoms with Gasteiger partial charge in [0.2, 0.25) is 0 Å². The van der Waals surface area contributed by atoms with Gasteiger partial charge in [-0.25, -0.2) is 20.1 Å². The molecule has 278 valence electrons. The van der Waals surface area contributed by atoms with Crippen molar-refractivity contribution in [2.45, 2.75) is 114 Å². The second-order valence-electron chi connectivity index (χ2n) is 16.4. The number of nitrogens with zero attached hydrogens (tertiary/aromatic N) is 6. The molecule has 2 atom stereocenters. The molecule has 8 aliphatic rings. The molecule has 0 bridgehead atoms. The highest BCUT2D eigenvalue weighted by atomic mass is 32.1. The van der Waals surface area contributed by atoms with Crippen molar-refractivity contribution in [3.05, 3.63) is 113 Å². The molecule has 2 fully saturated rings. The Balaban J connectivity index is 1.06. The van der Waals surface area contributed by atoms with Crippen molar-refractivity contribution in [1.29, 1.82) is 15.8 Å². The molecule has 10 rings (SSSR count). The molecule has 2 unspecified atom stereocenters. The van der Waals surface area contributed by atoms with Gasteiger partial charge in [-0.3, -0.25) is 0 Å². The number of aromatic nitrogens is 2. The maximum atomic E-state index is 9.61. The summed E-state index contributed by atoms with van der Waals surface area (Å²) in [5.74, 6) is 2.08. The van der Waals surface area contributed by atoms with Gasteiger partial charge in [-0.1, -0.05) is 37.1 Å². The lowest BCUT2D eigenvalue weighted by Gasteiger charge is -2.45. The van der Waals surface area contributed by atoms with Crippen LogP contribution in [0, 0.1) is 52.4 Å². The Hall–Kier alpha value is -5.26. The van der Waals surface area contributed by atoms with Gasteiger partial charge in [0, 0.05) is 23.0 Å². The maximum absolute atomic E-state index is 9.61. The number of ether oxygens (including phenoxy) is 2. The molecule has 0 aromatic carbocycles. The maximum Gasteiger partial charge on any atom is 0.265 e. The molecule has 10 heteroatoms. The monoisotopic (exact) mass is 772 g/mol. The van der Waals surface area contributed by atoms with E-state index in [9.17, 15) is 15.8 Å². The van der Waals surface area contributed by atoms with E-state index in [4.69, 9.17) is 26.0 Å². The van der Waals surface area contributed by atoms with Gasteiger partial charge in [-0.05, 0) is 124 Å². The van der Waals surface area contributed by atoms with Crippen LogP contribution in [-0.4, -0.2) is 9.97 Å². The third-order valence-corrected chi connectivity index (χ3v) is 15.3. The van der Waals surface area contributed by atoms with Crippen LogP contribution >= 0.6 is 22.7 Å². The number of allylic oxidation sites excluding steroid dienone is 14. The van der Waals surface area contributed by atoms with Crippen molar-refractivity contribution < 1.29 is 9.47 Å². The van der Waals surface area contributed by atoms with Crippen LogP contribution in [0.2, 0.25) is 0 Å². The minimum absolute atomic E-state index is 0.0912. The van der Waals surface area contributed by atoms with Gasteiger partial charge in [-0.2, -0.15) is 10.5 Å². The Kier molecular flexibility index (Phi) is 8.63. The second kappa shape index (κ2) is 13.7. The fourth-order valence-electron chi connectivity index (χ4n) is 10.2. The molecule has 4 heterocycles. The van der Waals surface area contributed by atoms with Crippen molar-refractivity contribution in [2.24, 2.45) is 11.8 Å². The molecule has 2 saturated carbocycles. The number of thiazole rings is 2. The van der Waals surface area contributed by atoms with Crippen LogP contribution in [0.1, 0.15) is 134 Å². The van der Waals surface area contributed by atoms with Crippen molar-refractivity contribution in [1.82, 2.24) is 9.97 Å². The summed E-state index contributed by atoms with van der Waals surface area (Å²) in [6.07, 6.45) is 29.1. The van der Waals surface area contributed by atoms with Crippen LogP contribution in [0.5, 0.6) is 0 Å². The first-order chi connectivity index (χ1) is 27.4. The number of rotatable bonds is 2. The lowest BCUT2D eigenvalue weighted by Crippen LogP contribution is -2.38. The largest absolute Gasteiger partial charge is 0.481 e. The molecule has 8 nitrogen and oxygen atoms in total. The minimum Gasteiger partial charge on any atom is -0.481 e. The standard InChI is InChI=1S/C46H40N6O2S2/c1-50-36(26-49)28-11-9-13-30(19-28)44-52-42-40(56-44)35-21-32-22-37-34(20-31(32)23-38(35)54-46(42)16-6-3-7-17-46)39-41(45(53-37)14-4-2-5-15-45)51-43(55-39)29-12-8-10-27(18-29)33(24-47)25-48/h18-23,31-32H,2-17H2/b36-28-. The van der Waals surface area contributed by atoms with Gasteiger partial charge in [-0.15, -0.1) is 22.7 Å². The Morgan fingerprint density at radius 1 is 0.643 bits per heavy atom. The van der Waals surface area contributed by atoms with Gasteiger partial charge in [0.05, 0.1) is 22.4 Å².